The van der Waals surface area contributed by atoms with Crippen molar-refractivity contribution in [3.8, 4) is 0 Å². The van der Waals surface area contributed by atoms with Gasteiger partial charge in [0.2, 0.25) is 0 Å². The van der Waals surface area contributed by atoms with Crippen molar-refractivity contribution in [2.24, 2.45) is 0 Å². The lowest BCUT2D eigenvalue weighted by atomic mass is 10.3. The van der Waals surface area contributed by atoms with Crippen LogP contribution in [0, 0.1) is 0 Å². The van der Waals surface area contributed by atoms with E-state index in [1.54, 1.807) is 0 Å². The molecule has 1 rings (SSSR count). The summed E-state index contributed by atoms with van der Waals surface area (Å²) in [7, 11) is 0. The highest BCUT2D eigenvalue weighted by molar-refractivity contribution is 6.31. The van der Waals surface area contributed by atoms with Crippen molar-refractivity contribution in [2.75, 3.05) is 24.5 Å². The number of nitrogens with zero attached hydrogens (tertiary/aromatic N) is 2. The minimum absolute atomic E-state index is 0.731. The van der Waals surface area contributed by atoms with Gasteiger partial charge in [-0.25, -0.2) is 4.98 Å². The Hall–Kier alpha value is -0.800. The molecule has 0 spiro atoms. The first-order valence-corrected chi connectivity index (χ1v) is 7.21. The maximum atomic E-state index is 6.16. The Morgan fingerprint density at radius 2 is 2.06 bits per heavy atom. The van der Waals surface area contributed by atoms with Crippen LogP contribution >= 0.6 is 11.6 Å². The maximum absolute atomic E-state index is 6.16. The standard InChI is InChI=1S/C14H24ClN3/c1-4-7-10-18(6-3)14-9-8-12(15)13(17-14)11-16-5-2/h8-9,16H,4-7,10-11H2,1-3H3. The summed E-state index contributed by atoms with van der Waals surface area (Å²) < 4.78 is 0. The second kappa shape index (κ2) is 8.33. The zero-order valence-electron chi connectivity index (χ0n) is 11.7. The summed E-state index contributed by atoms with van der Waals surface area (Å²) in [6.07, 6.45) is 2.40. The molecule has 0 aliphatic carbocycles. The van der Waals surface area contributed by atoms with E-state index >= 15 is 0 Å². The molecule has 102 valence electrons. The van der Waals surface area contributed by atoms with Gasteiger partial charge in [0.25, 0.3) is 0 Å². The molecule has 3 nitrogen and oxygen atoms in total. The molecule has 0 unspecified atom stereocenters. The Bertz CT molecular complexity index is 355. The van der Waals surface area contributed by atoms with E-state index in [1.165, 1.54) is 12.8 Å². The molecule has 1 aromatic heterocycles. The first-order valence-electron chi connectivity index (χ1n) is 6.83. The van der Waals surface area contributed by atoms with Gasteiger partial charge in [-0.2, -0.15) is 0 Å². The fraction of sp³-hybridized carbons (Fsp3) is 0.643. The zero-order valence-corrected chi connectivity index (χ0v) is 12.4. The van der Waals surface area contributed by atoms with Crippen LogP contribution in [0.15, 0.2) is 12.1 Å². The molecular weight excluding hydrogens is 246 g/mol. The van der Waals surface area contributed by atoms with Crippen LogP contribution in [0.5, 0.6) is 0 Å². The Labute approximate surface area is 116 Å². The van der Waals surface area contributed by atoms with E-state index in [2.05, 4.69) is 36.0 Å². The second-order valence-electron chi connectivity index (χ2n) is 4.31. The number of anilines is 1. The average Bonchev–Trinajstić information content (AvgIpc) is 2.39. The van der Waals surface area contributed by atoms with Crippen LogP contribution in [0.2, 0.25) is 5.02 Å². The van der Waals surface area contributed by atoms with Crippen molar-refractivity contribution in [2.45, 2.75) is 40.2 Å². The number of pyridine rings is 1. The van der Waals surface area contributed by atoms with E-state index in [9.17, 15) is 0 Å². The lowest BCUT2D eigenvalue weighted by Gasteiger charge is -2.22. The lowest BCUT2D eigenvalue weighted by molar-refractivity contribution is 0.697. The van der Waals surface area contributed by atoms with Gasteiger partial charge in [-0.15, -0.1) is 0 Å². The highest BCUT2D eigenvalue weighted by Gasteiger charge is 2.08. The van der Waals surface area contributed by atoms with Crippen LogP contribution in [0.25, 0.3) is 0 Å². The maximum Gasteiger partial charge on any atom is 0.128 e. The number of hydrogen-bond donors (Lipinski definition) is 1. The van der Waals surface area contributed by atoms with Crippen molar-refractivity contribution in [3.63, 3.8) is 0 Å². The molecule has 18 heavy (non-hydrogen) atoms. The Morgan fingerprint density at radius 3 is 2.67 bits per heavy atom. The average molecular weight is 270 g/mol. The molecule has 0 bridgehead atoms. The van der Waals surface area contributed by atoms with Crippen LogP contribution in [0.3, 0.4) is 0 Å². The molecule has 0 radical (unpaired) electrons. The predicted molar refractivity (Wildman–Crippen MR) is 79.4 cm³/mol. The lowest BCUT2D eigenvalue weighted by Crippen LogP contribution is -2.25. The van der Waals surface area contributed by atoms with Crippen LogP contribution < -0.4 is 10.2 Å². The predicted octanol–water partition coefficient (Wildman–Crippen LogP) is 3.47. The van der Waals surface area contributed by atoms with Gasteiger partial charge in [0.05, 0.1) is 10.7 Å². The second-order valence-corrected chi connectivity index (χ2v) is 4.72. The zero-order chi connectivity index (χ0) is 13.4. The van der Waals surface area contributed by atoms with Crippen molar-refractivity contribution in [1.82, 2.24) is 10.3 Å². The molecule has 4 heteroatoms. The third-order valence-corrected chi connectivity index (χ3v) is 3.28. The Balaban J connectivity index is 2.80. The van der Waals surface area contributed by atoms with Gasteiger partial charge >= 0.3 is 0 Å². The molecule has 0 amide bonds. The molecular formula is C14H24ClN3. The van der Waals surface area contributed by atoms with E-state index in [-0.39, 0.29) is 0 Å². The van der Waals surface area contributed by atoms with Gasteiger partial charge in [-0.05, 0) is 32.0 Å². The van der Waals surface area contributed by atoms with Crippen molar-refractivity contribution in [3.05, 3.63) is 22.8 Å². The van der Waals surface area contributed by atoms with Crippen LogP contribution in [0.1, 0.15) is 39.3 Å². The highest BCUT2D eigenvalue weighted by atomic mass is 35.5. The fourth-order valence-corrected chi connectivity index (χ4v) is 1.97. The smallest absolute Gasteiger partial charge is 0.128 e. The summed E-state index contributed by atoms with van der Waals surface area (Å²) >= 11 is 6.16. The summed E-state index contributed by atoms with van der Waals surface area (Å²) in [5.41, 5.74) is 0.936. The first-order chi connectivity index (χ1) is 8.72. The van der Waals surface area contributed by atoms with Crippen LogP contribution in [0.4, 0.5) is 5.82 Å². The molecule has 1 aromatic rings. The number of halogens is 1. The van der Waals surface area contributed by atoms with E-state index < -0.39 is 0 Å². The molecule has 0 fully saturated rings. The minimum Gasteiger partial charge on any atom is -0.357 e. The van der Waals surface area contributed by atoms with Gasteiger partial charge in [-0.1, -0.05) is 31.9 Å². The Kier molecular flexibility index (Phi) is 7.06. The van der Waals surface area contributed by atoms with Crippen molar-refractivity contribution >= 4 is 17.4 Å². The molecule has 1 N–H and O–H groups in total. The number of hydrogen-bond acceptors (Lipinski definition) is 3. The van der Waals surface area contributed by atoms with Crippen molar-refractivity contribution < 1.29 is 0 Å². The Morgan fingerprint density at radius 1 is 1.28 bits per heavy atom. The van der Waals surface area contributed by atoms with Crippen LogP contribution in [-0.2, 0) is 6.54 Å². The molecule has 1 heterocycles. The van der Waals surface area contributed by atoms with E-state index in [1.807, 2.05) is 12.1 Å². The van der Waals surface area contributed by atoms with Crippen molar-refractivity contribution in [1.29, 1.82) is 0 Å². The number of unbranched alkanes of at least 4 members (excludes halogenated alkanes) is 1. The van der Waals surface area contributed by atoms with E-state index in [0.29, 0.717) is 0 Å². The number of rotatable bonds is 8. The molecule has 0 atom stereocenters. The first kappa shape index (κ1) is 15.3. The summed E-state index contributed by atoms with van der Waals surface area (Å²) in [6.45, 7) is 10.1. The molecule has 0 saturated carbocycles. The van der Waals surface area contributed by atoms with Gasteiger partial charge < -0.3 is 10.2 Å². The fourth-order valence-electron chi connectivity index (χ4n) is 1.80. The van der Waals surface area contributed by atoms with Gasteiger partial charge in [-0.3, -0.25) is 0 Å². The van der Waals surface area contributed by atoms with Gasteiger partial charge in [0.15, 0.2) is 0 Å². The summed E-state index contributed by atoms with van der Waals surface area (Å²) in [4.78, 5) is 6.97. The molecule has 0 aliphatic rings. The third-order valence-electron chi connectivity index (χ3n) is 2.93. The molecule has 0 saturated heterocycles. The number of aromatic nitrogens is 1. The summed E-state index contributed by atoms with van der Waals surface area (Å²) in [5, 5.41) is 4.01. The van der Waals surface area contributed by atoms with Gasteiger partial charge in [0, 0.05) is 19.6 Å². The largest absolute Gasteiger partial charge is 0.357 e. The monoisotopic (exact) mass is 269 g/mol. The van der Waals surface area contributed by atoms with E-state index in [0.717, 1.165) is 42.7 Å². The third kappa shape index (κ3) is 4.46. The van der Waals surface area contributed by atoms with Crippen LogP contribution in [-0.4, -0.2) is 24.6 Å². The summed E-state index contributed by atoms with van der Waals surface area (Å²) in [5.74, 6) is 1.03. The highest BCUT2D eigenvalue weighted by Crippen LogP contribution is 2.19. The van der Waals surface area contributed by atoms with Gasteiger partial charge in [0.1, 0.15) is 5.82 Å². The van der Waals surface area contributed by atoms with E-state index in [4.69, 9.17) is 11.6 Å². The molecule has 0 aromatic carbocycles. The quantitative estimate of drug-likeness (QED) is 0.783. The minimum atomic E-state index is 0.731. The normalized spacial score (nSPS) is 10.7. The topological polar surface area (TPSA) is 28.2 Å². The number of nitrogens with one attached hydrogen (secondary N) is 1. The SMILES string of the molecule is CCCCN(CC)c1ccc(Cl)c(CNCC)n1. The summed E-state index contributed by atoms with van der Waals surface area (Å²) in [6, 6.07) is 3.96. The molecule has 0 aliphatic heterocycles.